The molecule has 2 aromatic rings. The van der Waals surface area contributed by atoms with Gasteiger partial charge in [0.05, 0.1) is 0 Å². The fraction of sp³-hybridized carbons (Fsp3) is 0.294. The number of aromatic nitrogens is 1. The third kappa shape index (κ3) is 4.13. The summed E-state index contributed by atoms with van der Waals surface area (Å²) in [6.07, 6.45) is 4.97. The molecule has 1 atom stereocenters. The monoisotopic (exact) mass is 298 g/mol. The third-order valence-corrected chi connectivity index (χ3v) is 3.48. The van der Waals surface area contributed by atoms with Crippen LogP contribution in [0.1, 0.15) is 40.9 Å². The number of rotatable bonds is 6. The van der Waals surface area contributed by atoms with Crippen molar-refractivity contribution in [2.75, 3.05) is 11.9 Å². The zero-order valence-corrected chi connectivity index (χ0v) is 12.8. The lowest BCUT2D eigenvalue weighted by atomic mass is 9.95. The molecule has 1 unspecified atom stereocenters. The molecule has 0 aliphatic rings. The summed E-state index contributed by atoms with van der Waals surface area (Å²) in [4.78, 5) is 16.3. The summed E-state index contributed by atoms with van der Waals surface area (Å²) in [6, 6.07) is 9.09. The van der Waals surface area contributed by atoms with Gasteiger partial charge in [0, 0.05) is 29.7 Å². The minimum Gasteiger partial charge on any atom is -0.330 e. The highest BCUT2D eigenvalue weighted by Crippen LogP contribution is 2.20. The number of carbonyl (C=O) groups is 1. The Morgan fingerprint density at radius 3 is 2.64 bits per heavy atom. The average Bonchev–Trinajstić information content (AvgIpc) is 2.53. The molecule has 1 heterocycles. The second-order valence-corrected chi connectivity index (χ2v) is 5.28. The Kier molecular flexibility index (Phi) is 5.63. The van der Waals surface area contributed by atoms with Gasteiger partial charge in [-0.15, -0.1) is 0 Å². The average molecular weight is 298 g/mol. The first-order chi connectivity index (χ1) is 10.6. The lowest BCUT2D eigenvalue weighted by Crippen LogP contribution is -2.15. The molecule has 0 radical (unpaired) electrons. The first-order valence-electron chi connectivity index (χ1n) is 7.41. The van der Waals surface area contributed by atoms with Crippen molar-refractivity contribution in [3.63, 3.8) is 0 Å². The van der Waals surface area contributed by atoms with E-state index in [1.807, 2.05) is 19.1 Å². The standard InChI is InChI=1S/C17H22N4O/c1-12(19)16-5-4-14(11-13(16)3-2-8-18)17(22)21-15-6-9-20-10-7-15/h4-7,9-12H,2-3,8,18-19H2,1H3,(H,20,21,22). The number of nitrogens with one attached hydrogen (secondary N) is 1. The van der Waals surface area contributed by atoms with Crippen molar-refractivity contribution < 1.29 is 4.79 Å². The molecule has 2 rings (SSSR count). The predicted molar refractivity (Wildman–Crippen MR) is 88.6 cm³/mol. The zero-order valence-electron chi connectivity index (χ0n) is 12.8. The number of nitrogens with two attached hydrogens (primary N) is 2. The Balaban J connectivity index is 2.21. The molecule has 1 aromatic carbocycles. The Labute approximate surface area is 130 Å². The highest BCUT2D eigenvalue weighted by molar-refractivity contribution is 6.04. The second-order valence-electron chi connectivity index (χ2n) is 5.28. The van der Waals surface area contributed by atoms with Crippen LogP contribution in [-0.4, -0.2) is 17.4 Å². The van der Waals surface area contributed by atoms with Crippen LogP contribution in [0.5, 0.6) is 0 Å². The zero-order chi connectivity index (χ0) is 15.9. The van der Waals surface area contributed by atoms with Gasteiger partial charge in [0.1, 0.15) is 0 Å². The summed E-state index contributed by atoms with van der Waals surface area (Å²) in [5, 5.41) is 2.86. The van der Waals surface area contributed by atoms with Crippen molar-refractivity contribution in [2.24, 2.45) is 11.5 Å². The fourth-order valence-electron chi connectivity index (χ4n) is 2.34. The topological polar surface area (TPSA) is 94.0 Å². The molecule has 0 spiro atoms. The molecule has 1 aromatic heterocycles. The van der Waals surface area contributed by atoms with E-state index in [9.17, 15) is 4.79 Å². The summed E-state index contributed by atoms with van der Waals surface area (Å²) < 4.78 is 0. The number of hydrogen-bond donors (Lipinski definition) is 3. The van der Waals surface area contributed by atoms with E-state index in [1.165, 1.54) is 0 Å². The van der Waals surface area contributed by atoms with Crippen LogP contribution in [0.15, 0.2) is 42.7 Å². The van der Waals surface area contributed by atoms with Crippen molar-refractivity contribution in [3.8, 4) is 0 Å². The molecule has 0 aliphatic heterocycles. The van der Waals surface area contributed by atoms with Crippen LogP contribution in [0.25, 0.3) is 0 Å². The van der Waals surface area contributed by atoms with E-state index in [1.54, 1.807) is 30.6 Å². The van der Waals surface area contributed by atoms with Gasteiger partial charge in [0.2, 0.25) is 0 Å². The Bertz CT molecular complexity index is 626. The lowest BCUT2D eigenvalue weighted by Gasteiger charge is -2.14. The maximum atomic E-state index is 12.3. The minimum absolute atomic E-state index is 0.0647. The van der Waals surface area contributed by atoms with Crippen molar-refractivity contribution in [1.29, 1.82) is 0 Å². The molecule has 0 bridgehead atoms. The maximum Gasteiger partial charge on any atom is 0.255 e. The van der Waals surface area contributed by atoms with E-state index in [-0.39, 0.29) is 11.9 Å². The van der Waals surface area contributed by atoms with Crippen molar-refractivity contribution in [3.05, 3.63) is 59.4 Å². The molecule has 0 saturated carbocycles. The van der Waals surface area contributed by atoms with Gasteiger partial charge in [0.15, 0.2) is 0 Å². The summed E-state index contributed by atoms with van der Waals surface area (Å²) in [6.45, 7) is 2.56. The summed E-state index contributed by atoms with van der Waals surface area (Å²) in [7, 11) is 0. The number of benzene rings is 1. The Hall–Kier alpha value is -2.24. The quantitative estimate of drug-likeness (QED) is 0.762. The Morgan fingerprint density at radius 2 is 2.00 bits per heavy atom. The fourth-order valence-corrected chi connectivity index (χ4v) is 2.34. The Morgan fingerprint density at radius 1 is 1.27 bits per heavy atom. The molecular weight excluding hydrogens is 276 g/mol. The van der Waals surface area contributed by atoms with Gasteiger partial charge < -0.3 is 16.8 Å². The highest BCUT2D eigenvalue weighted by Gasteiger charge is 2.12. The van der Waals surface area contributed by atoms with Crippen LogP contribution in [0.2, 0.25) is 0 Å². The molecule has 22 heavy (non-hydrogen) atoms. The van der Waals surface area contributed by atoms with Crippen LogP contribution < -0.4 is 16.8 Å². The van der Waals surface area contributed by atoms with Crippen molar-refractivity contribution in [2.45, 2.75) is 25.8 Å². The molecule has 5 heteroatoms. The molecule has 5 nitrogen and oxygen atoms in total. The van der Waals surface area contributed by atoms with Crippen LogP contribution in [0.4, 0.5) is 5.69 Å². The van der Waals surface area contributed by atoms with Gasteiger partial charge in [-0.1, -0.05) is 6.07 Å². The van der Waals surface area contributed by atoms with Crippen LogP contribution in [0, 0.1) is 0 Å². The van der Waals surface area contributed by atoms with Gasteiger partial charge in [-0.2, -0.15) is 0 Å². The van der Waals surface area contributed by atoms with E-state index in [0.717, 1.165) is 29.7 Å². The summed E-state index contributed by atoms with van der Waals surface area (Å²) in [5.41, 5.74) is 15.1. The normalized spacial score (nSPS) is 12.0. The first-order valence-corrected chi connectivity index (χ1v) is 7.41. The number of aryl methyl sites for hydroxylation is 1. The molecular formula is C17H22N4O. The largest absolute Gasteiger partial charge is 0.330 e. The van der Waals surface area contributed by atoms with Gasteiger partial charge in [-0.05, 0) is 61.7 Å². The number of carbonyl (C=O) groups excluding carboxylic acids is 1. The molecule has 116 valence electrons. The van der Waals surface area contributed by atoms with E-state index in [0.29, 0.717) is 12.1 Å². The van der Waals surface area contributed by atoms with Crippen LogP contribution in [-0.2, 0) is 6.42 Å². The molecule has 5 N–H and O–H groups in total. The number of amides is 1. The number of hydrogen-bond acceptors (Lipinski definition) is 4. The highest BCUT2D eigenvalue weighted by atomic mass is 16.1. The van der Waals surface area contributed by atoms with E-state index >= 15 is 0 Å². The van der Waals surface area contributed by atoms with E-state index in [2.05, 4.69) is 10.3 Å². The number of anilines is 1. The van der Waals surface area contributed by atoms with E-state index in [4.69, 9.17) is 11.5 Å². The minimum atomic E-state index is -0.142. The van der Waals surface area contributed by atoms with Crippen LogP contribution >= 0.6 is 0 Å². The molecule has 1 amide bonds. The van der Waals surface area contributed by atoms with Gasteiger partial charge in [0.25, 0.3) is 5.91 Å². The number of nitrogens with zero attached hydrogens (tertiary/aromatic N) is 1. The summed E-state index contributed by atoms with van der Waals surface area (Å²) >= 11 is 0. The van der Waals surface area contributed by atoms with Crippen molar-refractivity contribution in [1.82, 2.24) is 4.98 Å². The van der Waals surface area contributed by atoms with E-state index < -0.39 is 0 Å². The lowest BCUT2D eigenvalue weighted by molar-refractivity contribution is 0.102. The van der Waals surface area contributed by atoms with Gasteiger partial charge in [-0.3, -0.25) is 9.78 Å². The molecule has 0 aliphatic carbocycles. The van der Waals surface area contributed by atoms with Gasteiger partial charge >= 0.3 is 0 Å². The maximum absolute atomic E-state index is 12.3. The van der Waals surface area contributed by atoms with Crippen LogP contribution in [0.3, 0.4) is 0 Å². The molecule has 0 saturated heterocycles. The van der Waals surface area contributed by atoms with Gasteiger partial charge in [-0.25, -0.2) is 0 Å². The summed E-state index contributed by atoms with van der Waals surface area (Å²) in [5.74, 6) is -0.142. The SMILES string of the molecule is CC(N)c1ccc(C(=O)Nc2ccncc2)cc1CCCN. The predicted octanol–water partition coefficient (Wildman–Crippen LogP) is 2.24. The first kappa shape index (κ1) is 16.1. The smallest absolute Gasteiger partial charge is 0.255 e. The third-order valence-electron chi connectivity index (χ3n) is 3.48. The number of pyridine rings is 1. The second kappa shape index (κ2) is 7.68. The molecule has 0 fully saturated rings. The van der Waals surface area contributed by atoms with Crippen molar-refractivity contribution >= 4 is 11.6 Å².